The number of aromatic nitrogens is 1. The maximum absolute atomic E-state index is 13.0. The Labute approximate surface area is 180 Å². The highest BCUT2D eigenvalue weighted by atomic mass is 19.4. The number of hydrogen-bond acceptors (Lipinski definition) is 4. The van der Waals surface area contributed by atoms with Gasteiger partial charge >= 0.3 is 12.1 Å². The summed E-state index contributed by atoms with van der Waals surface area (Å²) in [5, 5.41) is 0. The van der Waals surface area contributed by atoms with Gasteiger partial charge in [0.1, 0.15) is 5.82 Å². The van der Waals surface area contributed by atoms with Gasteiger partial charge in [0.2, 0.25) is 0 Å². The third-order valence-electron chi connectivity index (χ3n) is 5.04. The fourth-order valence-corrected chi connectivity index (χ4v) is 3.49. The highest BCUT2D eigenvalue weighted by molar-refractivity contribution is 5.85. The summed E-state index contributed by atoms with van der Waals surface area (Å²) in [7, 11) is 0. The number of pyridine rings is 1. The number of alkyl halides is 3. The van der Waals surface area contributed by atoms with Gasteiger partial charge in [-0.2, -0.15) is 13.2 Å². The molecule has 0 saturated carbocycles. The highest BCUT2D eigenvalue weighted by Gasteiger charge is 2.30. The molecule has 0 bridgehead atoms. The minimum Gasteiger partial charge on any atom is -0.463 e. The zero-order chi connectivity index (χ0) is 22.3. The summed E-state index contributed by atoms with van der Waals surface area (Å²) in [6.07, 6.45) is 5.26. The second kappa shape index (κ2) is 10.3. The second-order valence-corrected chi connectivity index (χ2v) is 7.22. The van der Waals surface area contributed by atoms with Crippen LogP contribution in [-0.2, 0) is 15.7 Å². The van der Waals surface area contributed by atoms with Crippen molar-refractivity contribution in [2.24, 2.45) is 0 Å². The molecule has 0 atom stereocenters. The number of esters is 1. The van der Waals surface area contributed by atoms with Crippen molar-refractivity contribution < 1.29 is 22.7 Å². The predicted molar refractivity (Wildman–Crippen MR) is 115 cm³/mol. The first-order valence-electron chi connectivity index (χ1n) is 10.3. The van der Waals surface area contributed by atoms with E-state index >= 15 is 0 Å². The van der Waals surface area contributed by atoms with Crippen LogP contribution in [0.2, 0.25) is 0 Å². The van der Waals surface area contributed by atoms with Crippen molar-refractivity contribution in [2.75, 3.05) is 24.6 Å². The summed E-state index contributed by atoms with van der Waals surface area (Å²) in [5.74, 6) is 0.360. The molecule has 0 unspecified atom stereocenters. The second-order valence-electron chi connectivity index (χ2n) is 7.22. The number of carbonyl (C=O) groups is 1. The van der Waals surface area contributed by atoms with Crippen LogP contribution in [0.4, 0.5) is 19.0 Å². The zero-order valence-corrected chi connectivity index (χ0v) is 17.4. The molecule has 31 heavy (non-hydrogen) atoms. The topological polar surface area (TPSA) is 42.4 Å². The maximum Gasteiger partial charge on any atom is 0.416 e. The van der Waals surface area contributed by atoms with Crippen LogP contribution < -0.4 is 4.90 Å². The molecule has 164 valence electrons. The van der Waals surface area contributed by atoms with Crippen molar-refractivity contribution in [3.63, 3.8) is 0 Å². The smallest absolute Gasteiger partial charge is 0.416 e. The molecule has 0 radical (unpaired) electrons. The number of ether oxygens (including phenoxy) is 1. The summed E-state index contributed by atoms with van der Waals surface area (Å²) in [6.45, 7) is 3.84. The molecule has 1 saturated heterocycles. The summed E-state index contributed by atoms with van der Waals surface area (Å²) in [4.78, 5) is 18.3. The van der Waals surface area contributed by atoms with E-state index in [4.69, 9.17) is 4.74 Å². The normalized spacial score (nSPS) is 15.4. The fourth-order valence-electron chi connectivity index (χ4n) is 3.49. The summed E-state index contributed by atoms with van der Waals surface area (Å²) >= 11 is 0. The number of nitrogens with zero attached hydrogens (tertiary/aromatic N) is 2. The molecule has 1 fully saturated rings. The van der Waals surface area contributed by atoms with Crippen LogP contribution >= 0.6 is 0 Å². The van der Waals surface area contributed by atoms with Gasteiger partial charge in [-0.05, 0) is 67.2 Å². The van der Waals surface area contributed by atoms with E-state index in [0.717, 1.165) is 49.4 Å². The molecule has 2 heterocycles. The number of anilines is 1. The van der Waals surface area contributed by atoms with Gasteiger partial charge in [0.05, 0.1) is 12.2 Å². The Morgan fingerprint density at radius 2 is 1.81 bits per heavy atom. The summed E-state index contributed by atoms with van der Waals surface area (Å²) in [6, 6.07) is 8.75. The first-order valence-corrected chi connectivity index (χ1v) is 10.3. The maximum atomic E-state index is 13.0. The molecule has 0 amide bonds. The van der Waals surface area contributed by atoms with E-state index in [-0.39, 0.29) is 6.61 Å². The number of benzene rings is 1. The van der Waals surface area contributed by atoms with Crippen LogP contribution in [0.5, 0.6) is 0 Å². The average Bonchev–Trinajstić information content (AvgIpc) is 2.77. The Morgan fingerprint density at radius 1 is 1.10 bits per heavy atom. The highest BCUT2D eigenvalue weighted by Crippen LogP contribution is 2.32. The van der Waals surface area contributed by atoms with E-state index in [0.29, 0.717) is 11.1 Å². The lowest BCUT2D eigenvalue weighted by Crippen LogP contribution is -2.30. The largest absolute Gasteiger partial charge is 0.463 e. The minimum atomic E-state index is -4.40. The first-order chi connectivity index (χ1) is 14.9. The molecule has 1 aromatic heterocycles. The Bertz CT molecular complexity index is 944. The van der Waals surface area contributed by atoms with Gasteiger partial charge in [-0.3, -0.25) is 0 Å². The number of piperidine rings is 1. The van der Waals surface area contributed by atoms with Gasteiger partial charge in [0, 0.05) is 25.4 Å². The van der Waals surface area contributed by atoms with Crippen molar-refractivity contribution >= 4 is 17.4 Å². The number of halogens is 3. The monoisotopic (exact) mass is 430 g/mol. The quantitative estimate of drug-likeness (QED) is 0.338. The van der Waals surface area contributed by atoms with E-state index in [1.807, 2.05) is 12.1 Å². The minimum absolute atomic E-state index is 0.266. The standard InChI is InChI=1S/C24H25F3N2O2/c1-2-31-23(30)8-6-7-21(18-9-11-20(12-10-18)24(25,26)27)19-13-14-28-22(17-19)29-15-4-3-5-16-29/h6-14,17H,2-5,15-16H2,1H3. The van der Waals surface area contributed by atoms with Gasteiger partial charge < -0.3 is 9.64 Å². The third kappa shape index (κ3) is 6.20. The van der Waals surface area contributed by atoms with E-state index < -0.39 is 17.7 Å². The Kier molecular flexibility index (Phi) is 7.50. The molecule has 4 nitrogen and oxygen atoms in total. The van der Waals surface area contributed by atoms with Gasteiger partial charge in [-0.15, -0.1) is 0 Å². The molecular weight excluding hydrogens is 405 g/mol. The Balaban J connectivity index is 1.97. The fraction of sp³-hybridized carbons (Fsp3) is 0.333. The molecule has 2 aromatic rings. The summed E-state index contributed by atoms with van der Waals surface area (Å²) in [5.41, 5.74) is 1.40. The van der Waals surface area contributed by atoms with Crippen molar-refractivity contribution in [1.82, 2.24) is 4.98 Å². The lowest BCUT2D eigenvalue weighted by molar-refractivity contribution is -0.138. The molecule has 7 heteroatoms. The Hall–Kier alpha value is -3.09. The van der Waals surface area contributed by atoms with E-state index in [9.17, 15) is 18.0 Å². The van der Waals surface area contributed by atoms with Crippen LogP contribution in [0.1, 0.15) is 42.9 Å². The molecule has 0 N–H and O–H groups in total. The molecule has 1 aromatic carbocycles. The van der Waals surface area contributed by atoms with Gasteiger partial charge in [-0.1, -0.05) is 24.3 Å². The Morgan fingerprint density at radius 3 is 2.45 bits per heavy atom. The van der Waals surface area contributed by atoms with Gasteiger partial charge in [0.25, 0.3) is 0 Å². The first kappa shape index (κ1) is 22.6. The van der Waals surface area contributed by atoms with E-state index in [2.05, 4.69) is 9.88 Å². The van der Waals surface area contributed by atoms with Gasteiger partial charge in [0.15, 0.2) is 0 Å². The predicted octanol–water partition coefficient (Wildman–Crippen LogP) is 5.64. The van der Waals surface area contributed by atoms with Crippen molar-refractivity contribution in [3.05, 3.63) is 77.5 Å². The average molecular weight is 430 g/mol. The van der Waals surface area contributed by atoms with Crippen molar-refractivity contribution in [1.29, 1.82) is 0 Å². The molecule has 3 rings (SSSR count). The SMILES string of the molecule is CCOC(=O)C=CC=C(c1ccc(C(F)(F)F)cc1)c1ccnc(N2CCCCC2)c1. The molecule has 0 spiro atoms. The molecule has 1 aliphatic rings. The van der Waals surface area contributed by atoms with Crippen LogP contribution in [0.25, 0.3) is 5.57 Å². The number of hydrogen-bond donors (Lipinski definition) is 0. The summed E-state index contributed by atoms with van der Waals surface area (Å²) < 4.78 is 43.8. The zero-order valence-electron chi connectivity index (χ0n) is 17.4. The van der Waals surface area contributed by atoms with Crippen LogP contribution in [0.15, 0.2) is 60.8 Å². The van der Waals surface area contributed by atoms with E-state index in [1.165, 1.54) is 24.6 Å². The number of rotatable bonds is 6. The van der Waals surface area contributed by atoms with Crippen molar-refractivity contribution in [2.45, 2.75) is 32.4 Å². The van der Waals surface area contributed by atoms with Crippen LogP contribution in [0, 0.1) is 0 Å². The van der Waals surface area contributed by atoms with Crippen LogP contribution in [0.3, 0.4) is 0 Å². The van der Waals surface area contributed by atoms with Crippen molar-refractivity contribution in [3.8, 4) is 0 Å². The van der Waals surface area contributed by atoms with E-state index in [1.54, 1.807) is 25.3 Å². The van der Waals surface area contributed by atoms with Crippen LogP contribution in [-0.4, -0.2) is 30.6 Å². The van der Waals surface area contributed by atoms with Gasteiger partial charge in [-0.25, -0.2) is 9.78 Å². The molecular formula is C24H25F3N2O2. The molecule has 1 aliphatic heterocycles. The number of allylic oxidation sites excluding steroid dienone is 2. The third-order valence-corrected chi connectivity index (χ3v) is 5.04. The molecule has 0 aliphatic carbocycles. The number of carbonyl (C=O) groups excluding carboxylic acids is 1. The lowest BCUT2D eigenvalue weighted by Gasteiger charge is -2.28. The lowest BCUT2D eigenvalue weighted by atomic mass is 9.96.